The van der Waals surface area contributed by atoms with E-state index in [1.165, 1.54) is 0 Å². The Kier molecular flexibility index (Phi) is 9.68. The van der Waals surface area contributed by atoms with Crippen LogP contribution in [-0.2, 0) is 11.3 Å². The summed E-state index contributed by atoms with van der Waals surface area (Å²) in [6.07, 6.45) is 2.08. The number of piperidine rings is 1. The van der Waals surface area contributed by atoms with Crippen LogP contribution in [0.1, 0.15) is 52.9 Å². The fourth-order valence-electron chi connectivity index (χ4n) is 4.95. The predicted octanol–water partition coefficient (Wildman–Crippen LogP) is 6.02. The Labute approximate surface area is 226 Å². The van der Waals surface area contributed by atoms with Crippen LogP contribution in [0.2, 0.25) is 0 Å². The molecule has 1 aliphatic rings. The van der Waals surface area contributed by atoms with E-state index in [2.05, 4.69) is 41.5 Å². The van der Waals surface area contributed by atoms with E-state index in [1.807, 2.05) is 48.5 Å². The summed E-state index contributed by atoms with van der Waals surface area (Å²) < 4.78 is 11.3. The Hall–Kier alpha value is -3.48. The lowest BCUT2D eigenvalue weighted by Gasteiger charge is -2.35. The van der Waals surface area contributed by atoms with Gasteiger partial charge in [0.25, 0.3) is 0 Å². The summed E-state index contributed by atoms with van der Waals surface area (Å²) in [5.74, 6) is 1.16. The van der Waals surface area contributed by atoms with Gasteiger partial charge in [-0.25, -0.2) is 4.98 Å². The zero-order valence-corrected chi connectivity index (χ0v) is 22.9. The van der Waals surface area contributed by atoms with Gasteiger partial charge in [0.2, 0.25) is 5.88 Å². The first-order valence-corrected chi connectivity index (χ1v) is 13.4. The number of carbonyl (C=O) groups excluding carboxylic acids is 1. The average Bonchev–Trinajstić information content (AvgIpc) is 2.94. The van der Waals surface area contributed by atoms with Crippen LogP contribution < -0.4 is 9.64 Å². The number of rotatable bonds is 12. The van der Waals surface area contributed by atoms with Gasteiger partial charge in [-0.1, -0.05) is 55.1 Å². The molecule has 0 amide bonds. The Bertz CT molecular complexity index is 1220. The third kappa shape index (κ3) is 7.30. The molecule has 1 aromatic heterocycles. The second kappa shape index (κ2) is 13.4. The second-order valence-corrected chi connectivity index (χ2v) is 9.99. The first kappa shape index (κ1) is 27.6. The van der Waals surface area contributed by atoms with Gasteiger partial charge in [-0.15, -0.1) is 0 Å². The Morgan fingerprint density at radius 1 is 1.08 bits per heavy atom. The van der Waals surface area contributed by atoms with E-state index >= 15 is 0 Å². The molecule has 0 spiro atoms. The minimum absolute atomic E-state index is 0.0637. The fraction of sp³-hybridized carbons (Fsp3) is 0.375. The molecule has 3 aromatic rings. The van der Waals surface area contributed by atoms with Crippen LogP contribution >= 0.6 is 0 Å². The molecule has 1 fully saturated rings. The molecule has 0 saturated carbocycles. The molecule has 0 aliphatic carbocycles. The highest BCUT2D eigenvalue weighted by molar-refractivity contribution is 5.95. The molecule has 2 heterocycles. The van der Waals surface area contributed by atoms with Crippen molar-refractivity contribution in [3.05, 3.63) is 101 Å². The molecule has 6 heteroatoms. The quantitative estimate of drug-likeness (QED) is 0.276. The van der Waals surface area contributed by atoms with Gasteiger partial charge in [-0.05, 0) is 63.0 Å². The topological polar surface area (TPSA) is 54.9 Å². The number of hydrogen-bond acceptors (Lipinski definition) is 6. The molecular weight excluding hydrogens is 474 g/mol. The van der Waals surface area contributed by atoms with Crippen molar-refractivity contribution in [2.24, 2.45) is 0 Å². The van der Waals surface area contributed by atoms with E-state index in [0.717, 1.165) is 60.7 Å². The van der Waals surface area contributed by atoms with E-state index in [-0.39, 0.29) is 5.78 Å². The number of methoxy groups -OCH3 is 1. The first-order valence-electron chi connectivity index (χ1n) is 13.4. The lowest BCUT2D eigenvalue weighted by Crippen LogP contribution is -2.39. The molecule has 0 N–H and O–H groups in total. The van der Waals surface area contributed by atoms with Crippen LogP contribution in [0.15, 0.2) is 79.0 Å². The number of benzene rings is 2. The zero-order chi connectivity index (χ0) is 26.9. The van der Waals surface area contributed by atoms with Crippen LogP contribution in [0, 0.1) is 6.92 Å². The molecular formula is C32H39N3O3. The number of ether oxygens (including phenoxy) is 2. The summed E-state index contributed by atoms with van der Waals surface area (Å²) in [7, 11) is 1.71. The van der Waals surface area contributed by atoms with Gasteiger partial charge in [0, 0.05) is 54.8 Å². The average molecular weight is 514 g/mol. The summed E-state index contributed by atoms with van der Waals surface area (Å²) in [4.78, 5) is 21.5. The molecule has 0 atom stereocenters. The van der Waals surface area contributed by atoms with E-state index in [1.54, 1.807) is 14.0 Å². The summed E-state index contributed by atoms with van der Waals surface area (Å²) >= 11 is 0. The van der Waals surface area contributed by atoms with Crippen molar-refractivity contribution in [2.75, 3.05) is 44.8 Å². The highest BCUT2D eigenvalue weighted by atomic mass is 16.5. The van der Waals surface area contributed by atoms with Gasteiger partial charge in [0.1, 0.15) is 6.61 Å². The molecule has 2 aromatic carbocycles. The van der Waals surface area contributed by atoms with Gasteiger partial charge in [0.05, 0.1) is 6.61 Å². The number of Topliss-reactive ketones (excluding diaryl/α,β-unsaturated/α-hetero) is 1. The number of anilines is 1. The van der Waals surface area contributed by atoms with Crippen LogP contribution in [0.3, 0.4) is 0 Å². The summed E-state index contributed by atoms with van der Waals surface area (Å²) in [5.41, 5.74) is 6.10. The highest BCUT2D eigenvalue weighted by Gasteiger charge is 2.24. The number of ketones is 1. The van der Waals surface area contributed by atoms with Gasteiger partial charge in [-0.2, -0.15) is 0 Å². The fourth-order valence-corrected chi connectivity index (χ4v) is 4.95. The summed E-state index contributed by atoms with van der Waals surface area (Å²) in [5, 5.41) is 0. The molecule has 0 radical (unpaired) electrons. The van der Waals surface area contributed by atoms with Gasteiger partial charge in [0.15, 0.2) is 5.78 Å². The molecule has 1 saturated heterocycles. The summed E-state index contributed by atoms with van der Waals surface area (Å²) in [6, 6.07) is 22.1. The molecule has 4 rings (SSSR count). The summed E-state index contributed by atoms with van der Waals surface area (Å²) in [6.45, 7) is 12.6. The van der Waals surface area contributed by atoms with E-state index < -0.39 is 0 Å². The lowest BCUT2D eigenvalue weighted by atomic mass is 9.93. The predicted molar refractivity (Wildman–Crippen MR) is 153 cm³/mol. The lowest BCUT2D eigenvalue weighted by molar-refractivity contribution is 0.101. The van der Waals surface area contributed by atoms with E-state index in [9.17, 15) is 4.79 Å². The normalized spacial score (nSPS) is 14.3. The first-order chi connectivity index (χ1) is 18.4. The van der Waals surface area contributed by atoms with E-state index in [4.69, 9.17) is 14.5 Å². The molecule has 38 heavy (non-hydrogen) atoms. The number of aryl methyl sites for hydroxylation is 1. The number of carbonyl (C=O) groups is 1. The van der Waals surface area contributed by atoms with Crippen molar-refractivity contribution < 1.29 is 14.3 Å². The third-order valence-corrected chi connectivity index (χ3v) is 7.19. The van der Waals surface area contributed by atoms with Gasteiger partial charge >= 0.3 is 0 Å². The maximum atomic E-state index is 12.0. The van der Waals surface area contributed by atoms with Crippen molar-refractivity contribution in [1.29, 1.82) is 0 Å². The Balaban J connectivity index is 1.35. The minimum atomic E-state index is 0.0637. The third-order valence-electron chi connectivity index (χ3n) is 7.19. The largest absolute Gasteiger partial charge is 0.473 e. The maximum absolute atomic E-state index is 12.0. The molecule has 200 valence electrons. The smallest absolute Gasteiger partial charge is 0.213 e. The zero-order valence-electron chi connectivity index (χ0n) is 22.9. The maximum Gasteiger partial charge on any atom is 0.213 e. The molecule has 1 aliphatic heterocycles. The van der Waals surface area contributed by atoms with Crippen molar-refractivity contribution >= 4 is 11.5 Å². The van der Waals surface area contributed by atoms with Crippen molar-refractivity contribution in [2.45, 2.75) is 39.2 Å². The van der Waals surface area contributed by atoms with Gasteiger partial charge < -0.3 is 14.4 Å². The van der Waals surface area contributed by atoms with Crippen molar-refractivity contribution in [3.63, 3.8) is 0 Å². The Morgan fingerprint density at radius 2 is 1.84 bits per heavy atom. The number of nitrogens with zero attached hydrogens (tertiary/aromatic N) is 3. The van der Waals surface area contributed by atoms with Crippen LogP contribution in [-0.4, -0.2) is 55.6 Å². The minimum Gasteiger partial charge on any atom is -0.473 e. The number of aromatic nitrogens is 1. The standard InChI is InChI=1S/C32H39N3O3/c1-24-13-14-29(26(3)36)21-31(24)35(19-20-37-4)25(2)22-34-17-15-28(16-18-34)30-11-8-12-32(33-30)38-23-27-9-6-5-7-10-27/h5-14,21,28H,2,15-20,22-23H2,1,3-4H3. The highest BCUT2D eigenvalue weighted by Crippen LogP contribution is 2.30. The monoisotopic (exact) mass is 513 g/mol. The molecule has 0 bridgehead atoms. The van der Waals surface area contributed by atoms with Crippen molar-refractivity contribution in [1.82, 2.24) is 9.88 Å². The van der Waals surface area contributed by atoms with Gasteiger partial charge in [-0.3, -0.25) is 9.69 Å². The van der Waals surface area contributed by atoms with Crippen LogP contribution in [0.5, 0.6) is 5.88 Å². The molecule has 6 nitrogen and oxygen atoms in total. The number of pyridine rings is 1. The number of hydrogen-bond donors (Lipinski definition) is 0. The SMILES string of the molecule is C=C(CN1CCC(c2cccc(OCc3ccccc3)n2)CC1)N(CCOC)c1cc(C(C)=O)ccc1C. The Morgan fingerprint density at radius 3 is 2.55 bits per heavy atom. The van der Waals surface area contributed by atoms with Crippen LogP contribution in [0.4, 0.5) is 5.69 Å². The van der Waals surface area contributed by atoms with E-state index in [0.29, 0.717) is 37.1 Å². The number of likely N-dealkylation sites (tertiary alicyclic amines) is 1. The molecule has 0 unspecified atom stereocenters. The second-order valence-electron chi connectivity index (χ2n) is 9.99. The van der Waals surface area contributed by atoms with Crippen LogP contribution in [0.25, 0.3) is 0 Å². The van der Waals surface area contributed by atoms with Crippen molar-refractivity contribution in [3.8, 4) is 5.88 Å².